The molecule has 1 heterocycles. The molecule has 0 bridgehead atoms. The quantitative estimate of drug-likeness (QED) is 0.780. The number of nitrogens with one attached hydrogen (secondary N) is 2. The summed E-state index contributed by atoms with van der Waals surface area (Å²) in [6, 6.07) is 7.26. The van der Waals surface area contributed by atoms with E-state index in [2.05, 4.69) is 15.6 Å². The Morgan fingerprint density at radius 1 is 1.19 bits per heavy atom. The summed E-state index contributed by atoms with van der Waals surface area (Å²) >= 11 is 0. The molecule has 0 radical (unpaired) electrons. The molecule has 1 amide bonds. The molecule has 2 aromatic rings. The predicted octanol–water partition coefficient (Wildman–Crippen LogP) is 1.02. The normalized spacial score (nSPS) is 11.0. The van der Waals surface area contributed by atoms with Crippen LogP contribution in [-0.4, -0.2) is 26.4 Å². The van der Waals surface area contributed by atoms with E-state index in [1.165, 1.54) is 30.5 Å². The number of amides is 1. The van der Waals surface area contributed by atoms with Crippen molar-refractivity contribution in [2.75, 3.05) is 17.7 Å². The van der Waals surface area contributed by atoms with Crippen LogP contribution in [0.1, 0.15) is 10.4 Å². The standard InChI is InChI=1S/C13H14N4O3S/c1-15-12-6-7-16-8-11(12)13(18)17-9-2-4-10(5-3-9)21(14,19)20/h2-8H,1H3,(H,15,16)(H,17,18)(H2,14,19,20). The number of anilines is 2. The number of pyridine rings is 1. The van der Waals surface area contributed by atoms with E-state index in [1.54, 1.807) is 19.3 Å². The molecule has 110 valence electrons. The highest BCUT2D eigenvalue weighted by molar-refractivity contribution is 7.89. The Kier molecular flexibility index (Phi) is 4.20. The molecule has 0 saturated carbocycles. The highest BCUT2D eigenvalue weighted by Gasteiger charge is 2.12. The van der Waals surface area contributed by atoms with Gasteiger partial charge in [0.05, 0.1) is 10.5 Å². The summed E-state index contributed by atoms with van der Waals surface area (Å²) in [5.41, 5.74) is 1.48. The Labute approximate surface area is 122 Å². The monoisotopic (exact) mass is 306 g/mol. The molecule has 0 atom stereocenters. The SMILES string of the molecule is CNc1ccncc1C(=O)Nc1ccc(S(N)(=O)=O)cc1. The highest BCUT2D eigenvalue weighted by Crippen LogP contribution is 2.17. The molecule has 0 aliphatic heterocycles. The molecule has 2 rings (SSSR count). The number of nitrogens with two attached hydrogens (primary N) is 1. The lowest BCUT2D eigenvalue weighted by molar-refractivity contribution is 0.102. The van der Waals surface area contributed by atoms with Gasteiger partial charge >= 0.3 is 0 Å². The Hall–Kier alpha value is -2.45. The Bertz CT molecular complexity index is 757. The molecule has 0 spiro atoms. The average Bonchev–Trinajstić information content (AvgIpc) is 2.46. The van der Waals surface area contributed by atoms with Gasteiger partial charge in [0.15, 0.2) is 0 Å². The lowest BCUT2D eigenvalue weighted by Crippen LogP contribution is -2.15. The van der Waals surface area contributed by atoms with Crippen LogP contribution in [0, 0.1) is 0 Å². The zero-order valence-corrected chi connectivity index (χ0v) is 12.0. The fraction of sp³-hybridized carbons (Fsp3) is 0.0769. The van der Waals surface area contributed by atoms with Crippen LogP contribution in [0.25, 0.3) is 0 Å². The molecule has 1 aromatic carbocycles. The van der Waals surface area contributed by atoms with Crippen molar-refractivity contribution in [2.45, 2.75) is 4.90 Å². The minimum Gasteiger partial charge on any atom is -0.387 e. The molecule has 0 aliphatic carbocycles. The summed E-state index contributed by atoms with van der Waals surface area (Å²) in [6.45, 7) is 0. The van der Waals surface area contributed by atoms with Crippen molar-refractivity contribution >= 4 is 27.3 Å². The van der Waals surface area contributed by atoms with Gasteiger partial charge in [-0.3, -0.25) is 9.78 Å². The zero-order valence-electron chi connectivity index (χ0n) is 11.2. The molecule has 0 saturated heterocycles. The first kappa shape index (κ1) is 14.9. The summed E-state index contributed by atoms with van der Waals surface area (Å²) in [7, 11) is -2.04. The van der Waals surface area contributed by atoms with Crippen LogP contribution >= 0.6 is 0 Å². The van der Waals surface area contributed by atoms with Gasteiger partial charge in [-0.15, -0.1) is 0 Å². The van der Waals surface area contributed by atoms with Crippen molar-refractivity contribution in [2.24, 2.45) is 5.14 Å². The molecule has 0 unspecified atom stereocenters. The van der Waals surface area contributed by atoms with Gasteiger partial charge in [-0.1, -0.05) is 0 Å². The van der Waals surface area contributed by atoms with Crippen molar-refractivity contribution < 1.29 is 13.2 Å². The Morgan fingerprint density at radius 2 is 1.86 bits per heavy atom. The van der Waals surface area contributed by atoms with E-state index in [0.29, 0.717) is 16.9 Å². The molecular formula is C13H14N4O3S. The van der Waals surface area contributed by atoms with E-state index in [1.807, 2.05) is 0 Å². The number of nitrogens with zero attached hydrogens (tertiary/aromatic N) is 1. The molecule has 4 N–H and O–H groups in total. The van der Waals surface area contributed by atoms with Crippen LogP contribution in [0.3, 0.4) is 0 Å². The van der Waals surface area contributed by atoms with Gasteiger partial charge in [0.2, 0.25) is 10.0 Å². The molecular weight excluding hydrogens is 292 g/mol. The maximum atomic E-state index is 12.1. The number of carbonyl (C=O) groups excluding carboxylic acids is 1. The molecule has 0 fully saturated rings. The first-order valence-electron chi connectivity index (χ1n) is 5.98. The van der Waals surface area contributed by atoms with Crippen LogP contribution in [0.15, 0.2) is 47.6 Å². The van der Waals surface area contributed by atoms with E-state index >= 15 is 0 Å². The van der Waals surface area contributed by atoms with E-state index in [9.17, 15) is 13.2 Å². The number of primary sulfonamides is 1. The van der Waals surface area contributed by atoms with Gasteiger partial charge < -0.3 is 10.6 Å². The topological polar surface area (TPSA) is 114 Å². The van der Waals surface area contributed by atoms with Gasteiger partial charge in [-0.25, -0.2) is 13.6 Å². The smallest absolute Gasteiger partial charge is 0.259 e. The summed E-state index contributed by atoms with van der Waals surface area (Å²) in [5, 5.41) is 10.6. The third-order valence-electron chi connectivity index (χ3n) is 2.78. The Morgan fingerprint density at radius 3 is 2.43 bits per heavy atom. The van der Waals surface area contributed by atoms with E-state index in [0.717, 1.165) is 0 Å². The van der Waals surface area contributed by atoms with E-state index in [-0.39, 0.29) is 10.8 Å². The van der Waals surface area contributed by atoms with Crippen molar-refractivity contribution in [3.8, 4) is 0 Å². The number of carbonyl (C=O) groups is 1. The Balaban J connectivity index is 2.20. The molecule has 0 aliphatic rings. The van der Waals surface area contributed by atoms with Crippen molar-refractivity contribution in [3.05, 3.63) is 48.3 Å². The summed E-state index contributed by atoms with van der Waals surface area (Å²) in [6.07, 6.45) is 3.02. The van der Waals surface area contributed by atoms with Gasteiger partial charge in [0.1, 0.15) is 0 Å². The number of rotatable bonds is 4. The number of sulfonamides is 1. The van der Waals surface area contributed by atoms with Gasteiger partial charge in [-0.2, -0.15) is 0 Å². The summed E-state index contributed by atoms with van der Waals surface area (Å²) in [4.78, 5) is 16.0. The minimum absolute atomic E-state index is 0.0159. The first-order valence-corrected chi connectivity index (χ1v) is 7.52. The van der Waals surface area contributed by atoms with Crippen LogP contribution < -0.4 is 15.8 Å². The van der Waals surface area contributed by atoms with Crippen molar-refractivity contribution in [1.29, 1.82) is 0 Å². The number of hydrogen-bond donors (Lipinski definition) is 3. The maximum Gasteiger partial charge on any atom is 0.259 e. The fourth-order valence-electron chi connectivity index (χ4n) is 1.72. The van der Waals surface area contributed by atoms with Gasteiger partial charge in [0.25, 0.3) is 5.91 Å². The summed E-state index contributed by atoms with van der Waals surface area (Å²) in [5.74, 6) is -0.351. The van der Waals surface area contributed by atoms with E-state index in [4.69, 9.17) is 5.14 Å². The maximum absolute atomic E-state index is 12.1. The highest BCUT2D eigenvalue weighted by atomic mass is 32.2. The minimum atomic E-state index is -3.74. The van der Waals surface area contributed by atoms with Crippen LogP contribution in [0.5, 0.6) is 0 Å². The largest absolute Gasteiger partial charge is 0.387 e. The molecule has 1 aromatic heterocycles. The lowest BCUT2D eigenvalue weighted by atomic mass is 10.2. The second-order valence-corrected chi connectivity index (χ2v) is 5.76. The first-order chi connectivity index (χ1) is 9.91. The molecule has 7 nitrogen and oxygen atoms in total. The molecule has 21 heavy (non-hydrogen) atoms. The third kappa shape index (κ3) is 3.56. The van der Waals surface area contributed by atoms with Crippen molar-refractivity contribution in [3.63, 3.8) is 0 Å². The van der Waals surface area contributed by atoms with Gasteiger partial charge in [-0.05, 0) is 30.3 Å². The number of aromatic nitrogens is 1. The summed E-state index contributed by atoms with van der Waals surface area (Å²) < 4.78 is 22.3. The second kappa shape index (κ2) is 5.90. The second-order valence-electron chi connectivity index (χ2n) is 4.19. The predicted molar refractivity (Wildman–Crippen MR) is 79.6 cm³/mol. The fourth-order valence-corrected chi connectivity index (χ4v) is 2.24. The number of hydrogen-bond acceptors (Lipinski definition) is 5. The van der Waals surface area contributed by atoms with Gasteiger partial charge in [0, 0.05) is 30.8 Å². The van der Waals surface area contributed by atoms with Crippen molar-refractivity contribution in [1.82, 2.24) is 4.98 Å². The molecule has 8 heteroatoms. The van der Waals surface area contributed by atoms with Crippen LogP contribution in [0.4, 0.5) is 11.4 Å². The van der Waals surface area contributed by atoms with Crippen LogP contribution in [0.2, 0.25) is 0 Å². The average molecular weight is 306 g/mol. The van der Waals surface area contributed by atoms with E-state index < -0.39 is 10.0 Å². The third-order valence-corrected chi connectivity index (χ3v) is 3.70. The number of benzene rings is 1. The van der Waals surface area contributed by atoms with Crippen LogP contribution in [-0.2, 0) is 10.0 Å². The zero-order chi connectivity index (χ0) is 15.5. The lowest BCUT2D eigenvalue weighted by Gasteiger charge is -2.09.